The zero-order valence-corrected chi connectivity index (χ0v) is 6.71. The minimum atomic E-state index is -0.263. The maximum atomic E-state index is 10.8. The average molecular weight is 178 g/mol. The van der Waals surface area contributed by atoms with Gasteiger partial charge in [-0.3, -0.25) is 15.1 Å². The second-order valence-corrected chi connectivity index (χ2v) is 1.93. The molecule has 0 aliphatic rings. The average Bonchev–Trinajstić information content (AvgIpc) is 2.19. The summed E-state index contributed by atoms with van der Waals surface area (Å²) in [4.78, 5) is 12.3. The molecule has 6 nitrogen and oxygen atoms in total. The van der Waals surface area contributed by atoms with E-state index in [0.717, 1.165) is 0 Å². The molecule has 0 bridgehead atoms. The van der Waals surface area contributed by atoms with Crippen molar-refractivity contribution in [2.24, 2.45) is 5.84 Å². The third-order valence-electron chi connectivity index (χ3n) is 1.17. The monoisotopic (exact) mass is 178 g/mol. The minimum Gasteiger partial charge on any atom is -0.373 e. The summed E-state index contributed by atoms with van der Waals surface area (Å²) in [6.07, 6.45) is 0. The predicted molar refractivity (Wildman–Crippen MR) is 48.2 cm³/mol. The maximum absolute atomic E-state index is 10.8. The van der Waals surface area contributed by atoms with Crippen molar-refractivity contribution >= 4 is 5.91 Å². The first-order chi connectivity index (χ1) is 6.26. The van der Waals surface area contributed by atoms with Gasteiger partial charge in [0.25, 0.3) is 5.91 Å². The molecule has 68 valence electrons. The topological polar surface area (TPSA) is 114 Å². The molecule has 13 heavy (non-hydrogen) atoms. The van der Waals surface area contributed by atoms with Crippen LogP contribution in [0.5, 0.6) is 0 Å². The zero-order chi connectivity index (χ0) is 10.1. The van der Waals surface area contributed by atoms with Gasteiger partial charge in [0.2, 0.25) is 0 Å². The number of nitrogens with one attached hydrogen (secondary N) is 1. The van der Waals surface area contributed by atoms with Crippen molar-refractivity contribution < 1.29 is 4.79 Å². The molecule has 1 rings (SSSR count). The van der Waals surface area contributed by atoms with E-state index in [1.165, 1.54) is 4.91 Å². The summed E-state index contributed by atoms with van der Waals surface area (Å²) in [6.45, 7) is 0. The molecule has 1 aromatic rings. The molecule has 3 N–H and O–H groups in total. The van der Waals surface area contributed by atoms with Crippen molar-refractivity contribution in [2.45, 2.75) is 0 Å². The molecular formula is C7H8N5O-. The SMILES string of the molecule is NNC(=O)c1ccccc1.[N-]=[N+]=[N-]. The normalized spacial score (nSPS) is 7.46. The van der Waals surface area contributed by atoms with Crippen LogP contribution in [0.25, 0.3) is 16.0 Å². The van der Waals surface area contributed by atoms with Crippen LogP contribution in [0.4, 0.5) is 0 Å². The van der Waals surface area contributed by atoms with Gasteiger partial charge in [-0.05, 0) is 12.1 Å². The fourth-order valence-corrected chi connectivity index (χ4v) is 0.673. The summed E-state index contributed by atoms with van der Waals surface area (Å²) in [7, 11) is 0. The molecule has 0 spiro atoms. The van der Waals surface area contributed by atoms with Gasteiger partial charge in [0, 0.05) is 5.56 Å². The van der Waals surface area contributed by atoms with E-state index in [-0.39, 0.29) is 5.91 Å². The lowest BCUT2D eigenvalue weighted by Crippen LogP contribution is -2.29. The number of nitrogens with two attached hydrogens (primary N) is 1. The fourth-order valence-electron chi connectivity index (χ4n) is 0.673. The van der Waals surface area contributed by atoms with Gasteiger partial charge in [0.15, 0.2) is 0 Å². The van der Waals surface area contributed by atoms with Crippen molar-refractivity contribution in [3.05, 3.63) is 51.9 Å². The second kappa shape index (κ2) is 6.66. The largest absolute Gasteiger partial charge is 0.373 e. The van der Waals surface area contributed by atoms with Crippen LogP contribution in [0.15, 0.2) is 30.3 Å². The van der Waals surface area contributed by atoms with Crippen LogP contribution in [-0.2, 0) is 0 Å². The van der Waals surface area contributed by atoms with E-state index in [1.54, 1.807) is 24.3 Å². The Morgan fingerprint density at radius 1 is 1.31 bits per heavy atom. The van der Waals surface area contributed by atoms with E-state index >= 15 is 0 Å². The highest BCUT2D eigenvalue weighted by molar-refractivity contribution is 5.93. The van der Waals surface area contributed by atoms with Gasteiger partial charge in [-0.15, -0.1) is 0 Å². The number of hydrogen-bond donors (Lipinski definition) is 2. The Bertz CT molecular complexity index is 291. The van der Waals surface area contributed by atoms with Crippen LogP contribution in [0.3, 0.4) is 0 Å². The lowest BCUT2D eigenvalue weighted by atomic mass is 10.2. The second-order valence-electron chi connectivity index (χ2n) is 1.93. The maximum Gasteiger partial charge on any atom is 0.265 e. The van der Waals surface area contributed by atoms with Crippen LogP contribution in [0.2, 0.25) is 0 Å². The molecule has 0 saturated carbocycles. The van der Waals surface area contributed by atoms with Crippen LogP contribution >= 0.6 is 0 Å². The Labute approximate surface area is 74.7 Å². The van der Waals surface area contributed by atoms with E-state index in [2.05, 4.69) is 0 Å². The van der Waals surface area contributed by atoms with Crippen LogP contribution in [0.1, 0.15) is 10.4 Å². The molecule has 0 unspecified atom stereocenters. The minimum absolute atomic E-state index is 0.263. The van der Waals surface area contributed by atoms with Gasteiger partial charge in [-0.1, -0.05) is 18.2 Å². The molecule has 6 heteroatoms. The van der Waals surface area contributed by atoms with Crippen LogP contribution in [0, 0.1) is 0 Å². The van der Waals surface area contributed by atoms with Crippen molar-refractivity contribution in [3.8, 4) is 0 Å². The summed E-state index contributed by atoms with van der Waals surface area (Å²) < 4.78 is 0. The molecule has 0 fully saturated rings. The summed E-state index contributed by atoms with van der Waals surface area (Å²) in [5, 5.41) is 0. The summed E-state index contributed by atoms with van der Waals surface area (Å²) in [6, 6.07) is 8.80. The number of amides is 1. The number of hydrogen-bond acceptors (Lipinski definition) is 2. The predicted octanol–water partition coefficient (Wildman–Crippen LogP) is 1.16. The first kappa shape index (κ1) is 11.0. The van der Waals surface area contributed by atoms with Crippen molar-refractivity contribution in [1.82, 2.24) is 5.43 Å². The summed E-state index contributed by atoms with van der Waals surface area (Å²) in [5.41, 5.74) is 16.1. The lowest BCUT2D eigenvalue weighted by Gasteiger charge is -1.95. The first-order valence-corrected chi connectivity index (χ1v) is 3.30. The quantitative estimate of drug-likeness (QED) is 0.168. The molecule has 0 aliphatic carbocycles. The third-order valence-corrected chi connectivity index (χ3v) is 1.17. The van der Waals surface area contributed by atoms with E-state index in [4.69, 9.17) is 16.9 Å². The summed E-state index contributed by atoms with van der Waals surface area (Å²) >= 11 is 0. The van der Waals surface area contributed by atoms with Gasteiger partial charge in [0.1, 0.15) is 0 Å². The molecule has 1 aromatic carbocycles. The molecule has 0 aromatic heterocycles. The van der Waals surface area contributed by atoms with Crippen molar-refractivity contribution in [1.29, 1.82) is 0 Å². The van der Waals surface area contributed by atoms with Gasteiger partial charge in [-0.25, -0.2) is 5.84 Å². The molecule has 0 saturated heterocycles. The Balaban J connectivity index is 0.000000424. The highest BCUT2D eigenvalue weighted by Crippen LogP contribution is 1.95. The van der Waals surface area contributed by atoms with Gasteiger partial charge in [-0.2, -0.15) is 0 Å². The molecule has 0 atom stereocenters. The van der Waals surface area contributed by atoms with Gasteiger partial charge >= 0.3 is 0 Å². The van der Waals surface area contributed by atoms with E-state index in [9.17, 15) is 4.79 Å². The number of carbonyl (C=O) groups excluding carboxylic acids is 1. The number of nitrogens with zero attached hydrogens (tertiary/aromatic N) is 3. The van der Waals surface area contributed by atoms with E-state index < -0.39 is 0 Å². The smallest absolute Gasteiger partial charge is 0.265 e. The first-order valence-electron chi connectivity index (χ1n) is 3.30. The number of carbonyl (C=O) groups is 1. The Hall–Kier alpha value is -2.04. The molecule has 0 aliphatic heterocycles. The summed E-state index contributed by atoms with van der Waals surface area (Å²) in [5.74, 6) is 4.64. The Kier molecular flexibility index (Phi) is 5.61. The van der Waals surface area contributed by atoms with Crippen molar-refractivity contribution in [3.63, 3.8) is 0 Å². The highest BCUT2D eigenvalue weighted by Gasteiger charge is 1.98. The van der Waals surface area contributed by atoms with E-state index in [0.29, 0.717) is 5.56 Å². The number of nitrogen functional groups attached to an aromatic ring is 1. The van der Waals surface area contributed by atoms with Gasteiger partial charge < -0.3 is 11.1 Å². The van der Waals surface area contributed by atoms with Crippen LogP contribution < -0.4 is 11.3 Å². The molecular weight excluding hydrogens is 170 g/mol. The lowest BCUT2D eigenvalue weighted by molar-refractivity contribution is 0.0953. The standard InChI is InChI=1S/C7H8N2O.N3/c8-9-7(10)6-4-2-1-3-5-6;1-3-2/h1-5H,8H2,(H,9,10);/q;-1. The number of benzene rings is 1. The highest BCUT2D eigenvalue weighted by atomic mass is 16.2. The van der Waals surface area contributed by atoms with Gasteiger partial charge in [0.05, 0.1) is 0 Å². The van der Waals surface area contributed by atoms with Crippen molar-refractivity contribution in [2.75, 3.05) is 0 Å². The number of hydrazine groups is 1. The molecule has 1 amide bonds. The van der Waals surface area contributed by atoms with E-state index in [1.807, 2.05) is 11.5 Å². The fraction of sp³-hybridized carbons (Fsp3) is 0. The molecule has 0 radical (unpaired) electrons. The van der Waals surface area contributed by atoms with Crippen LogP contribution in [-0.4, -0.2) is 5.91 Å². The number of rotatable bonds is 1. The molecule has 0 heterocycles. The zero-order valence-electron chi connectivity index (χ0n) is 6.71. The third kappa shape index (κ3) is 4.41. The Morgan fingerprint density at radius 3 is 2.15 bits per heavy atom. The Morgan fingerprint density at radius 2 is 1.77 bits per heavy atom.